The van der Waals surface area contributed by atoms with Gasteiger partial charge in [-0.1, -0.05) is 11.8 Å². The minimum absolute atomic E-state index is 0.130. The van der Waals surface area contributed by atoms with E-state index in [-0.39, 0.29) is 24.5 Å². The van der Waals surface area contributed by atoms with Gasteiger partial charge in [-0.2, -0.15) is 4.99 Å². The molecule has 0 unspecified atom stereocenters. The quantitative estimate of drug-likeness (QED) is 0.755. The molecule has 0 aliphatic carbocycles. The van der Waals surface area contributed by atoms with Gasteiger partial charge in [0.15, 0.2) is 5.17 Å². The normalized spacial score (nSPS) is 21.5. The molecule has 2 rings (SSSR count). The number of carbonyl (C=O) groups is 3. The first-order chi connectivity index (χ1) is 10.1. The molecule has 0 spiro atoms. The van der Waals surface area contributed by atoms with E-state index in [2.05, 4.69) is 10.3 Å². The molecule has 2 aliphatic rings. The summed E-state index contributed by atoms with van der Waals surface area (Å²) in [6.07, 6.45) is -0.311. The Kier molecular flexibility index (Phi) is 5.57. The number of ether oxygens (including phenoxy) is 1. The average Bonchev–Trinajstić information content (AvgIpc) is 2.85. The Morgan fingerprint density at radius 3 is 2.62 bits per heavy atom. The second-order valence-corrected chi connectivity index (χ2v) is 5.57. The van der Waals surface area contributed by atoms with Crippen molar-refractivity contribution in [2.24, 2.45) is 4.99 Å². The summed E-state index contributed by atoms with van der Waals surface area (Å²) >= 11 is 1.23. The van der Waals surface area contributed by atoms with Gasteiger partial charge in [-0.05, 0) is 6.92 Å². The SMILES string of the molecule is CCOC(=O)N1CCN(CC(=O)N=C2NC(=O)CS2)CC1. The summed E-state index contributed by atoms with van der Waals surface area (Å²) in [6.45, 7) is 4.60. The minimum Gasteiger partial charge on any atom is -0.450 e. The van der Waals surface area contributed by atoms with Gasteiger partial charge < -0.3 is 15.0 Å². The third kappa shape index (κ3) is 4.71. The number of hydrogen-bond acceptors (Lipinski definition) is 6. The van der Waals surface area contributed by atoms with Crippen LogP contribution in [0.25, 0.3) is 0 Å². The maximum absolute atomic E-state index is 11.8. The molecule has 2 heterocycles. The van der Waals surface area contributed by atoms with Crippen LogP contribution in [0.5, 0.6) is 0 Å². The molecule has 0 aromatic heterocycles. The first-order valence-electron chi connectivity index (χ1n) is 6.76. The predicted molar refractivity (Wildman–Crippen MR) is 78.1 cm³/mol. The monoisotopic (exact) mass is 314 g/mol. The number of aliphatic imine (C=N–C) groups is 1. The fourth-order valence-electron chi connectivity index (χ4n) is 2.03. The van der Waals surface area contributed by atoms with E-state index < -0.39 is 0 Å². The van der Waals surface area contributed by atoms with E-state index in [0.717, 1.165) is 0 Å². The zero-order valence-electron chi connectivity index (χ0n) is 11.8. The number of nitrogens with zero attached hydrogens (tertiary/aromatic N) is 3. The van der Waals surface area contributed by atoms with Crippen molar-refractivity contribution >= 4 is 34.8 Å². The van der Waals surface area contributed by atoms with E-state index in [1.54, 1.807) is 11.8 Å². The molecule has 0 saturated carbocycles. The van der Waals surface area contributed by atoms with Crippen molar-refractivity contribution in [1.29, 1.82) is 0 Å². The molecule has 0 atom stereocenters. The van der Waals surface area contributed by atoms with Crippen LogP contribution in [0.4, 0.5) is 4.79 Å². The fourth-order valence-corrected chi connectivity index (χ4v) is 2.72. The molecule has 2 fully saturated rings. The topological polar surface area (TPSA) is 91.3 Å². The number of rotatable bonds is 3. The van der Waals surface area contributed by atoms with Gasteiger partial charge in [-0.3, -0.25) is 14.5 Å². The highest BCUT2D eigenvalue weighted by Gasteiger charge is 2.24. The van der Waals surface area contributed by atoms with Crippen LogP contribution in [0.2, 0.25) is 0 Å². The number of hydrogen-bond donors (Lipinski definition) is 1. The van der Waals surface area contributed by atoms with Crippen molar-refractivity contribution in [2.75, 3.05) is 45.1 Å². The molecule has 8 nitrogen and oxygen atoms in total. The van der Waals surface area contributed by atoms with Crippen molar-refractivity contribution < 1.29 is 19.1 Å². The Bertz CT molecular complexity index is 460. The molecular weight excluding hydrogens is 296 g/mol. The van der Waals surface area contributed by atoms with Gasteiger partial charge in [0.1, 0.15) is 0 Å². The summed E-state index contributed by atoms with van der Waals surface area (Å²) in [6, 6.07) is 0. The summed E-state index contributed by atoms with van der Waals surface area (Å²) in [5.74, 6) is -0.108. The number of piperazine rings is 1. The second-order valence-electron chi connectivity index (χ2n) is 4.61. The molecule has 116 valence electrons. The first kappa shape index (κ1) is 15.8. The third-order valence-corrected chi connectivity index (χ3v) is 3.94. The van der Waals surface area contributed by atoms with Crippen LogP contribution in [-0.2, 0) is 14.3 Å². The van der Waals surface area contributed by atoms with Crippen LogP contribution in [-0.4, -0.2) is 78.0 Å². The highest BCUT2D eigenvalue weighted by molar-refractivity contribution is 8.15. The summed E-state index contributed by atoms with van der Waals surface area (Å²) in [4.78, 5) is 41.8. The van der Waals surface area contributed by atoms with E-state index in [1.165, 1.54) is 11.8 Å². The number of carbonyl (C=O) groups excluding carboxylic acids is 3. The molecule has 2 saturated heterocycles. The molecule has 0 aromatic rings. The van der Waals surface area contributed by atoms with E-state index in [9.17, 15) is 14.4 Å². The largest absolute Gasteiger partial charge is 0.450 e. The van der Waals surface area contributed by atoms with Gasteiger partial charge >= 0.3 is 6.09 Å². The standard InChI is InChI=1S/C12H18N4O4S/c1-2-20-12(19)16-5-3-15(4-6-16)7-9(17)13-11-14-10(18)8-21-11/h2-8H2,1H3,(H,13,14,17,18). The lowest BCUT2D eigenvalue weighted by molar-refractivity contribution is -0.119. The molecular formula is C12H18N4O4S. The Morgan fingerprint density at radius 2 is 2.05 bits per heavy atom. The zero-order chi connectivity index (χ0) is 15.2. The summed E-state index contributed by atoms with van der Waals surface area (Å²) < 4.78 is 4.93. The van der Waals surface area contributed by atoms with Gasteiger partial charge in [-0.25, -0.2) is 4.79 Å². The first-order valence-corrected chi connectivity index (χ1v) is 7.75. The van der Waals surface area contributed by atoms with Crippen molar-refractivity contribution in [3.05, 3.63) is 0 Å². The van der Waals surface area contributed by atoms with Crippen LogP contribution >= 0.6 is 11.8 Å². The molecule has 3 amide bonds. The lowest BCUT2D eigenvalue weighted by Gasteiger charge is -2.33. The van der Waals surface area contributed by atoms with Crippen LogP contribution in [0.15, 0.2) is 4.99 Å². The van der Waals surface area contributed by atoms with Gasteiger partial charge in [0.05, 0.1) is 18.9 Å². The number of nitrogens with one attached hydrogen (secondary N) is 1. The Hall–Kier alpha value is -1.61. The maximum Gasteiger partial charge on any atom is 0.409 e. The lowest BCUT2D eigenvalue weighted by Crippen LogP contribution is -2.50. The van der Waals surface area contributed by atoms with Gasteiger partial charge in [-0.15, -0.1) is 0 Å². The van der Waals surface area contributed by atoms with Crippen molar-refractivity contribution in [2.45, 2.75) is 6.92 Å². The Labute approximate surface area is 126 Å². The fraction of sp³-hybridized carbons (Fsp3) is 0.667. The maximum atomic E-state index is 11.8. The van der Waals surface area contributed by atoms with E-state index in [1.807, 2.05) is 4.90 Å². The predicted octanol–water partition coefficient (Wildman–Crippen LogP) is -0.494. The van der Waals surface area contributed by atoms with Crippen LogP contribution < -0.4 is 5.32 Å². The molecule has 21 heavy (non-hydrogen) atoms. The highest BCUT2D eigenvalue weighted by atomic mass is 32.2. The smallest absolute Gasteiger partial charge is 0.409 e. The zero-order valence-corrected chi connectivity index (χ0v) is 12.6. The van der Waals surface area contributed by atoms with Crippen LogP contribution in [0.1, 0.15) is 6.92 Å². The van der Waals surface area contributed by atoms with Crippen LogP contribution in [0, 0.1) is 0 Å². The molecule has 2 aliphatic heterocycles. The van der Waals surface area contributed by atoms with Gasteiger partial charge in [0.25, 0.3) is 5.91 Å². The second kappa shape index (κ2) is 7.41. The molecule has 1 N–H and O–H groups in total. The molecule has 0 aromatic carbocycles. The van der Waals surface area contributed by atoms with Gasteiger partial charge in [0.2, 0.25) is 5.91 Å². The Morgan fingerprint density at radius 1 is 1.33 bits per heavy atom. The van der Waals surface area contributed by atoms with Gasteiger partial charge in [0, 0.05) is 26.2 Å². The van der Waals surface area contributed by atoms with E-state index in [0.29, 0.717) is 43.7 Å². The van der Waals surface area contributed by atoms with E-state index >= 15 is 0 Å². The minimum atomic E-state index is -0.311. The molecule has 0 bridgehead atoms. The molecule has 9 heteroatoms. The highest BCUT2D eigenvalue weighted by Crippen LogP contribution is 2.09. The van der Waals surface area contributed by atoms with Crippen LogP contribution in [0.3, 0.4) is 0 Å². The lowest BCUT2D eigenvalue weighted by atomic mass is 10.3. The Balaban J connectivity index is 1.74. The van der Waals surface area contributed by atoms with Crippen molar-refractivity contribution in [1.82, 2.24) is 15.1 Å². The third-order valence-electron chi connectivity index (χ3n) is 3.07. The number of thioether (sulfide) groups is 1. The van der Waals surface area contributed by atoms with Crippen molar-refractivity contribution in [3.63, 3.8) is 0 Å². The summed E-state index contributed by atoms with van der Waals surface area (Å²) in [5.41, 5.74) is 0. The average molecular weight is 314 g/mol. The number of amidine groups is 1. The summed E-state index contributed by atoms with van der Waals surface area (Å²) in [7, 11) is 0. The number of amides is 3. The van der Waals surface area contributed by atoms with E-state index in [4.69, 9.17) is 4.74 Å². The summed E-state index contributed by atoms with van der Waals surface area (Å²) in [5, 5.41) is 2.89. The molecule has 0 radical (unpaired) electrons. The van der Waals surface area contributed by atoms with Crippen molar-refractivity contribution in [3.8, 4) is 0 Å².